The SMILES string of the molecule is Cc1cnc2c3ccc(C(C)(C)C)nc3cc(-c3ccccc3)n12.S=S=S=S=S=S=S=S=S=S=S=S=S=S=S=S=S=S=S=S=S=S=S=S=S=S=S=S=S. The highest BCUT2D eigenvalue weighted by molar-refractivity contribution is 8.79. The quantitative estimate of drug-likeness (QED) is 0.266. The van der Waals surface area contributed by atoms with Crippen molar-refractivity contribution in [3.63, 3.8) is 0 Å². The van der Waals surface area contributed by atoms with E-state index in [9.17, 15) is 0 Å². The highest BCUT2D eigenvalue weighted by Crippen LogP contribution is 2.30. The monoisotopic (exact) mass is 1240 g/mol. The van der Waals surface area contributed by atoms with E-state index < -0.39 is 0 Å². The fourth-order valence-corrected chi connectivity index (χ4v) is 72.0. The first-order valence-corrected chi connectivity index (χ1v) is 50.3. The number of aromatic nitrogens is 3. The lowest BCUT2D eigenvalue weighted by molar-refractivity contribution is 0.571. The van der Waals surface area contributed by atoms with Gasteiger partial charge in [-0.1, -0.05) is 51.1 Å². The van der Waals surface area contributed by atoms with Crippen LogP contribution >= 0.6 is 0 Å². The van der Waals surface area contributed by atoms with Crippen LogP contribution in [0.2, 0.25) is 0 Å². The molecule has 0 atom stereocenters. The van der Waals surface area contributed by atoms with E-state index in [0.29, 0.717) is 0 Å². The number of benzene rings is 1. The Morgan fingerprint density at radius 1 is 0.528 bits per heavy atom. The average molecular weight is 1250 g/mol. The van der Waals surface area contributed by atoms with Gasteiger partial charge in [-0.15, -0.1) is 0 Å². The molecule has 3 heterocycles. The summed E-state index contributed by atoms with van der Waals surface area (Å²) in [6, 6.07) is 16.9. The molecule has 0 fully saturated rings. The number of rotatable bonds is 1. The lowest BCUT2D eigenvalue weighted by Gasteiger charge is -2.18. The van der Waals surface area contributed by atoms with Crippen molar-refractivity contribution in [3.8, 4) is 11.3 Å². The molecule has 53 heavy (non-hydrogen) atoms. The van der Waals surface area contributed by atoms with E-state index in [1.807, 2.05) is 110 Å². The van der Waals surface area contributed by atoms with Gasteiger partial charge >= 0.3 is 0 Å². The van der Waals surface area contributed by atoms with Crippen molar-refractivity contribution in [1.29, 1.82) is 0 Å². The number of hydrogen-bond donors (Lipinski definition) is 0. The molecule has 0 aliphatic heterocycles. The van der Waals surface area contributed by atoms with E-state index in [2.05, 4.69) is 79.5 Å². The van der Waals surface area contributed by atoms with Gasteiger partial charge in [0.05, 0.1) is 11.2 Å². The first kappa shape index (κ1) is 51.1. The zero-order valence-corrected chi connectivity index (χ0v) is 50.1. The number of aryl methyl sites for hydroxylation is 1. The third-order valence-electron chi connectivity index (χ3n) is 5.18. The van der Waals surface area contributed by atoms with Crippen molar-refractivity contribution < 1.29 is 0 Å². The Bertz CT molecular complexity index is 3100. The van der Waals surface area contributed by atoms with Gasteiger partial charge in [-0.05, 0) is 30.7 Å². The largest absolute Gasteiger partial charge is 0.296 e. The molecule has 3 nitrogen and oxygen atoms in total. The van der Waals surface area contributed by atoms with Crippen LogP contribution in [-0.2, 0) is 268 Å². The van der Waals surface area contributed by atoms with Gasteiger partial charge in [0.2, 0.25) is 0 Å². The van der Waals surface area contributed by atoms with Crippen molar-refractivity contribution in [2.45, 2.75) is 33.1 Å². The molecule has 294 valence electrons. The molecular formula is C21H21N3S29. The fraction of sp³-hybridized carbons (Fsp3) is 0.238. The number of pyridine rings is 2. The molecule has 0 saturated carbocycles. The third kappa shape index (κ3) is 21.9. The highest BCUT2D eigenvalue weighted by atomic mass is 33.5. The Morgan fingerprint density at radius 3 is 1.30 bits per heavy atom. The Hall–Kier alpha value is 3.70. The summed E-state index contributed by atoms with van der Waals surface area (Å²) in [6.07, 6.45) is 1.93. The van der Waals surface area contributed by atoms with Gasteiger partial charge in [-0.3, -0.25) is 9.38 Å². The Balaban J connectivity index is 0.000000288. The Labute approximate surface area is 395 Å². The Kier molecular flexibility index (Phi) is 31.2. The molecule has 0 saturated heterocycles. The molecule has 0 radical (unpaired) electrons. The average Bonchev–Trinajstić information content (AvgIpc) is 3.56. The van der Waals surface area contributed by atoms with Crippen molar-refractivity contribution in [1.82, 2.24) is 14.4 Å². The standard InChI is InChI=1S/C21H21N3.S29/c1-14-13-22-20-16-10-11-19(21(2,3)4)23-17(16)12-18(24(14)20)15-8-6-5-7-9-15;1-3-5-7-9-11-13-15-17-19-21-23-25-27-29-28-26-24-22-20-18-16-14-12-10-8-6-4-2/h5-13H,1-4H3;. The van der Waals surface area contributed by atoms with Crippen LogP contribution in [-0.4, -0.2) is 14.4 Å². The highest BCUT2D eigenvalue weighted by Gasteiger charge is 2.18. The number of hydrogen-bond acceptors (Lipinski definition) is 4. The topological polar surface area (TPSA) is 30.2 Å². The summed E-state index contributed by atoms with van der Waals surface area (Å²) in [5, 5.41) is 1.09. The minimum absolute atomic E-state index is 0.0264. The van der Waals surface area contributed by atoms with Crippen LogP contribution < -0.4 is 0 Å². The molecule has 0 bridgehead atoms. The minimum Gasteiger partial charge on any atom is -0.296 e. The van der Waals surface area contributed by atoms with Crippen molar-refractivity contribution in [2.75, 3.05) is 0 Å². The van der Waals surface area contributed by atoms with E-state index in [1.54, 1.807) is 124 Å². The zero-order valence-electron chi connectivity index (χ0n) is 26.4. The van der Waals surface area contributed by atoms with Gasteiger partial charge < -0.3 is 0 Å². The molecule has 32 heteroatoms. The summed E-state index contributed by atoms with van der Waals surface area (Å²) < 4.78 is 2.22. The smallest absolute Gasteiger partial charge is 0.146 e. The van der Waals surface area contributed by atoms with Crippen LogP contribution in [0.4, 0.5) is 0 Å². The van der Waals surface area contributed by atoms with Crippen molar-refractivity contribution in [2.24, 2.45) is 0 Å². The lowest BCUT2D eigenvalue weighted by Crippen LogP contribution is -2.13. The van der Waals surface area contributed by atoms with Crippen molar-refractivity contribution >= 4 is 279 Å². The van der Waals surface area contributed by atoms with Crippen LogP contribution in [0.3, 0.4) is 0 Å². The summed E-state index contributed by atoms with van der Waals surface area (Å²) in [6.45, 7) is 8.67. The zero-order chi connectivity index (χ0) is 38.0. The second-order valence-corrected chi connectivity index (χ2v) is 56.9. The second-order valence-electron chi connectivity index (χ2n) is 9.17. The van der Waals surface area contributed by atoms with E-state index in [4.69, 9.17) is 27.4 Å². The summed E-state index contributed by atoms with van der Waals surface area (Å²) >= 11 is 9.57. The van der Waals surface area contributed by atoms with Crippen LogP contribution in [0.15, 0.2) is 54.7 Å². The molecule has 1 aromatic carbocycles. The molecule has 0 unspecified atom stereocenters. The summed E-state index contributed by atoms with van der Waals surface area (Å²) in [5.74, 6) is 0. The van der Waals surface area contributed by atoms with Gasteiger partial charge in [-0.2, -0.15) is 0 Å². The van der Waals surface area contributed by atoms with Gasteiger partial charge in [0.25, 0.3) is 0 Å². The molecule has 0 amide bonds. The summed E-state index contributed by atoms with van der Waals surface area (Å²) in [4.78, 5) is 9.59. The van der Waals surface area contributed by atoms with Crippen LogP contribution in [0, 0.1) is 6.92 Å². The maximum Gasteiger partial charge on any atom is 0.146 e. The molecule has 0 spiro atoms. The van der Waals surface area contributed by atoms with Gasteiger partial charge in [0, 0.05) is 291 Å². The molecule has 4 aromatic rings. The van der Waals surface area contributed by atoms with Crippen LogP contribution in [0.1, 0.15) is 32.2 Å². The van der Waals surface area contributed by atoms with E-state index in [1.165, 1.54) is 23.3 Å². The first-order chi connectivity index (χ1) is 25.9. The predicted molar refractivity (Wildman–Crippen MR) is 313 cm³/mol. The molecule has 0 aliphatic rings. The third-order valence-corrected chi connectivity index (χ3v) is 63.0. The van der Waals surface area contributed by atoms with E-state index in [0.717, 1.165) is 33.6 Å². The van der Waals surface area contributed by atoms with E-state index >= 15 is 0 Å². The van der Waals surface area contributed by atoms with Gasteiger partial charge in [0.15, 0.2) is 0 Å². The minimum atomic E-state index is 0.0264. The second kappa shape index (κ2) is 32.4. The first-order valence-electron chi connectivity index (χ1n) is 13.0. The van der Waals surface area contributed by atoms with Gasteiger partial charge in [0.1, 0.15) is 5.65 Å². The lowest BCUT2D eigenvalue weighted by atomic mass is 9.91. The maximum absolute atomic E-state index is 4.94. The Morgan fingerprint density at radius 2 is 0.925 bits per heavy atom. The summed E-state index contributed by atoms with van der Waals surface area (Å²) in [5.41, 5.74) is 6.53. The van der Waals surface area contributed by atoms with Crippen LogP contribution in [0.5, 0.6) is 0 Å². The fourth-order valence-electron chi connectivity index (χ4n) is 3.42. The number of nitrogens with zero attached hydrogens (tertiary/aromatic N) is 3. The molecule has 0 aliphatic carbocycles. The molecular weight excluding hydrogens is 1220 g/mol. The molecule has 3 aromatic heterocycles. The normalized spacial score (nSPS) is 9.66. The summed E-state index contributed by atoms with van der Waals surface area (Å²) in [7, 11) is 47.3. The van der Waals surface area contributed by atoms with Gasteiger partial charge in [-0.25, -0.2) is 4.98 Å². The van der Waals surface area contributed by atoms with Crippen molar-refractivity contribution in [3.05, 3.63) is 66.1 Å². The molecule has 4 rings (SSSR count). The number of fused-ring (bicyclic) bond motifs is 3. The maximum atomic E-state index is 4.94. The van der Waals surface area contributed by atoms with Crippen LogP contribution in [0.25, 0.3) is 27.8 Å². The van der Waals surface area contributed by atoms with E-state index in [-0.39, 0.29) is 5.41 Å². The molecule has 0 N–H and O–H groups in total. The number of imidazole rings is 1. The predicted octanol–water partition coefficient (Wildman–Crippen LogP) is 5.09.